The number of benzene rings is 1. The Hall–Kier alpha value is -2.02. The number of carboxylic acids is 1. The van der Waals surface area contributed by atoms with E-state index in [4.69, 9.17) is 5.11 Å². The van der Waals surface area contributed by atoms with Gasteiger partial charge in [-0.15, -0.1) is 0 Å². The third-order valence-corrected chi connectivity index (χ3v) is 2.70. The number of carbonyl (C=O) groups excluding carboxylic acids is 1. The van der Waals surface area contributed by atoms with Gasteiger partial charge in [-0.2, -0.15) is 0 Å². The van der Waals surface area contributed by atoms with Crippen LogP contribution in [0.2, 0.25) is 0 Å². The second-order valence-electron chi connectivity index (χ2n) is 3.65. The molecule has 1 N–H and O–H groups in total. The summed E-state index contributed by atoms with van der Waals surface area (Å²) in [5.74, 6) is -1.66. The standard InChI is InChI=1S/C12H10BrNO5/c1-7(13)12(17)9-4-2-3-8(5-6-10(15)16)11(9)14(18)19/h2-7H,1H3,(H,15,16). The summed E-state index contributed by atoms with van der Waals surface area (Å²) < 4.78 is 0. The number of para-hydroxylation sites is 1. The molecule has 1 aromatic carbocycles. The third kappa shape index (κ3) is 3.72. The van der Waals surface area contributed by atoms with E-state index in [0.717, 1.165) is 12.2 Å². The number of nitro groups is 1. The Balaban J connectivity index is 3.42. The zero-order valence-corrected chi connectivity index (χ0v) is 11.5. The van der Waals surface area contributed by atoms with Gasteiger partial charge in [0.15, 0.2) is 5.78 Å². The summed E-state index contributed by atoms with van der Waals surface area (Å²) in [7, 11) is 0. The number of nitro benzene ring substituents is 1. The van der Waals surface area contributed by atoms with Crippen LogP contribution in [0.1, 0.15) is 22.8 Å². The predicted octanol–water partition coefficient (Wildman–Crippen LogP) is 2.66. The molecule has 19 heavy (non-hydrogen) atoms. The topological polar surface area (TPSA) is 97.5 Å². The molecule has 0 saturated carbocycles. The maximum absolute atomic E-state index is 11.9. The van der Waals surface area contributed by atoms with Crippen molar-refractivity contribution in [2.24, 2.45) is 0 Å². The summed E-state index contributed by atoms with van der Waals surface area (Å²) in [6.07, 6.45) is 1.88. The minimum absolute atomic E-state index is 0.0538. The van der Waals surface area contributed by atoms with Crippen LogP contribution in [0.25, 0.3) is 6.08 Å². The van der Waals surface area contributed by atoms with E-state index in [1.807, 2.05) is 0 Å². The van der Waals surface area contributed by atoms with E-state index in [1.165, 1.54) is 18.2 Å². The first-order valence-electron chi connectivity index (χ1n) is 5.21. The molecule has 0 radical (unpaired) electrons. The summed E-state index contributed by atoms with van der Waals surface area (Å²) in [5.41, 5.74) is -0.371. The Morgan fingerprint density at radius 3 is 2.58 bits per heavy atom. The zero-order valence-electron chi connectivity index (χ0n) is 9.87. The molecule has 0 aromatic heterocycles. The first kappa shape index (κ1) is 15.0. The first-order valence-corrected chi connectivity index (χ1v) is 6.13. The number of alkyl halides is 1. The minimum Gasteiger partial charge on any atom is -0.478 e. The molecule has 0 spiro atoms. The molecule has 0 amide bonds. The summed E-state index contributed by atoms with van der Waals surface area (Å²) in [5, 5.41) is 19.6. The Morgan fingerprint density at radius 1 is 1.47 bits per heavy atom. The van der Waals surface area contributed by atoms with Crippen LogP contribution in [0.15, 0.2) is 24.3 Å². The number of carboxylic acid groups (broad SMARTS) is 1. The van der Waals surface area contributed by atoms with E-state index in [-0.39, 0.29) is 11.1 Å². The van der Waals surface area contributed by atoms with Gasteiger partial charge in [0.2, 0.25) is 0 Å². The fourth-order valence-corrected chi connectivity index (χ4v) is 1.72. The van der Waals surface area contributed by atoms with Gasteiger partial charge in [-0.1, -0.05) is 22.0 Å². The van der Waals surface area contributed by atoms with Crippen LogP contribution in [0.5, 0.6) is 0 Å². The van der Waals surface area contributed by atoms with Crippen molar-refractivity contribution < 1.29 is 19.6 Å². The summed E-state index contributed by atoms with van der Waals surface area (Å²) >= 11 is 3.06. The second-order valence-corrected chi connectivity index (χ2v) is 5.03. The van der Waals surface area contributed by atoms with Crippen LogP contribution >= 0.6 is 15.9 Å². The van der Waals surface area contributed by atoms with E-state index < -0.39 is 27.2 Å². The van der Waals surface area contributed by atoms with Crippen LogP contribution in [0, 0.1) is 10.1 Å². The average Bonchev–Trinajstić information content (AvgIpc) is 2.34. The molecule has 0 aliphatic heterocycles. The summed E-state index contributed by atoms with van der Waals surface area (Å²) in [6.45, 7) is 1.56. The minimum atomic E-state index is -1.22. The molecule has 1 atom stereocenters. The lowest BCUT2D eigenvalue weighted by molar-refractivity contribution is -0.385. The quantitative estimate of drug-likeness (QED) is 0.295. The second kappa shape index (κ2) is 6.24. The number of hydrogen-bond acceptors (Lipinski definition) is 4. The number of rotatable bonds is 5. The molecule has 1 rings (SSSR count). The van der Waals surface area contributed by atoms with Crippen LogP contribution in [-0.2, 0) is 4.79 Å². The van der Waals surface area contributed by atoms with Crippen molar-refractivity contribution in [2.75, 3.05) is 0 Å². The monoisotopic (exact) mass is 327 g/mol. The third-order valence-electron chi connectivity index (χ3n) is 2.28. The molecule has 0 aliphatic carbocycles. The number of aliphatic carboxylic acids is 1. The lowest BCUT2D eigenvalue weighted by Gasteiger charge is -2.06. The number of halogens is 1. The van der Waals surface area contributed by atoms with Gasteiger partial charge in [0.1, 0.15) is 0 Å². The van der Waals surface area contributed by atoms with Gasteiger partial charge in [0.05, 0.1) is 20.9 Å². The van der Waals surface area contributed by atoms with Crippen molar-refractivity contribution in [1.82, 2.24) is 0 Å². The van der Waals surface area contributed by atoms with Gasteiger partial charge < -0.3 is 5.11 Å². The molecule has 1 aromatic rings. The summed E-state index contributed by atoms with van der Waals surface area (Å²) in [4.78, 5) is 32.1. The highest BCUT2D eigenvalue weighted by molar-refractivity contribution is 9.10. The predicted molar refractivity (Wildman–Crippen MR) is 72.5 cm³/mol. The molecule has 0 fully saturated rings. The van der Waals surface area contributed by atoms with Crippen LogP contribution < -0.4 is 0 Å². The highest BCUT2D eigenvalue weighted by atomic mass is 79.9. The molecule has 1 unspecified atom stereocenters. The number of Topliss-reactive ketones (excluding diaryl/α,β-unsaturated/α-hetero) is 1. The number of hydrogen-bond donors (Lipinski definition) is 1. The van der Waals surface area contributed by atoms with Crippen LogP contribution in [0.4, 0.5) is 5.69 Å². The molecule has 0 heterocycles. The molecule has 0 aliphatic rings. The van der Waals surface area contributed by atoms with Crippen molar-refractivity contribution in [3.8, 4) is 0 Å². The number of nitrogens with zero attached hydrogens (tertiary/aromatic N) is 1. The fraction of sp³-hybridized carbons (Fsp3) is 0.167. The van der Waals surface area contributed by atoms with Crippen molar-refractivity contribution in [3.63, 3.8) is 0 Å². The smallest absolute Gasteiger partial charge is 0.328 e. The molecule has 0 saturated heterocycles. The largest absolute Gasteiger partial charge is 0.478 e. The van der Waals surface area contributed by atoms with Crippen LogP contribution in [0.3, 0.4) is 0 Å². The SMILES string of the molecule is CC(Br)C(=O)c1cccc(C=CC(=O)O)c1[N+](=O)[O-]. The van der Waals surface area contributed by atoms with E-state index >= 15 is 0 Å². The van der Waals surface area contributed by atoms with Crippen LogP contribution in [-0.4, -0.2) is 26.6 Å². The Morgan fingerprint density at radius 2 is 2.11 bits per heavy atom. The molecule has 6 nitrogen and oxygen atoms in total. The first-order chi connectivity index (χ1) is 8.84. The van der Waals surface area contributed by atoms with E-state index in [9.17, 15) is 19.7 Å². The Labute approximate surface area is 117 Å². The highest BCUT2D eigenvalue weighted by Crippen LogP contribution is 2.27. The molecule has 7 heteroatoms. The summed E-state index contributed by atoms with van der Waals surface area (Å²) in [6, 6.07) is 4.20. The zero-order chi connectivity index (χ0) is 14.6. The maximum Gasteiger partial charge on any atom is 0.328 e. The van der Waals surface area contributed by atoms with Gasteiger partial charge in [-0.3, -0.25) is 14.9 Å². The van der Waals surface area contributed by atoms with Crippen molar-refractivity contribution in [1.29, 1.82) is 0 Å². The van der Waals surface area contributed by atoms with Crippen molar-refractivity contribution in [2.45, 2.75) is 11.8 Å². The van der Waals surface area contributed by atoms with Gasteiger partial charge in [-0.25, -0.2) is 4.79 Å². The fourth-order valence-electron chi connectivity index (χ4n) is 1.47. The normalized spacial score (nSPS) is 12.3. The van der Waals surface area contributed by atoms with Crippen molar-refractivity contribution in [3.05, 3.63) is 45.5 Å². The number of carbonyl (C=O) groups is 2. The molecule has 100 valence electrons. The van der Waals surface area contributed by atoms with Gasteiger partial charge in [0.25, 0.3) is 5.69 Å². The number of ketones is 1. The lowest BCUT2D eigenvalue weighted by Crippen LogP contribution is -2.13. The molecule has 0 bridgehead atoms. The van der Waals surface area contributed by atoms with Crippen molar-refractivity contribution >= 4 is 39.4 Å². The van der Waals surface area contributed by atoms with Gasteiger partial charge in [-0.05, 0) is 25.1 Å². The van der Waals surface area contributed by atoms with E-state index in [2.05, 4.69) is 15.9 Å². The Bertz CT molecular complexity index is 565. The van der Waals surface area contributed by atoms with Gasteiger partial charge >= 0.3 is 5.97 Å². The van der Waals surface area contributed by atoms with Gasteiger partial charge in [0, 0.05) is 6.08 Å². The average molecular weight is 328 g/mol. The highest BCUT2D eigenvalue weighted by Gasteiger charge is 2.25. The van der Waals surface area contributed by atoms with E-state index in [1.54, 1.807) is 6.92 Å². The molecular formula is C12H10BrNO5. The van der Waals surface area contributed by atoms with E-state index in [0.29, 0.717) is 0 Å². The molecular weight excluding hydrogens is 318 g/mol. The maximum atomic E-state index is 11.9. The lowest BCUT2D eigenvalue weighted by atomic mass is 10.0. The Kier molecular flexibility index (Phi) is 4.94.